The Morgan fingerprint density at radius 1 is 1.03 bits per heavy atom. The van der Waals surface area contributed by atoms with Gasteiger partial charge in [0.15, 0.2) is 5.16 Å². The molecule has 5 aromatic rings. The normalized spacial score (nSPS) is 11.2. The highest BCUT2D eigenvalue weighted by atomic mass is 35.5. The van der Waals surface area contributed by atoms with Gasteiger partial charge in [0.05, 0.1) is 28.2 Å². The number of benzene rings is 3. The number of carbonyl (C=O) groups is 1. The van der Waals surface area contributed by atoms with Crippen LogP contribution in [0.2, 0.25) is 5.02 Å². The maximum Gasteiger partial charge on any atom is 0.263 e. The number of fused-ring (bicyclic) bond motifs is 3. The third-order valence-electron chi connectivity index (χ3n) is 5.20. The number of para-hydroxylation sites is 1. The van der Waals surface area contributed by atoms with Crippen molar-refractivity contribution in [2.24, 2.45) is 0 Å². The van der Waals surface area contributed by atoms with E-state index in [9.17, 15) is 14.0 Å². The number of hydrogen-bond donors (Lipinski definition) is 1. The Balaban J connectivity index is 1.48. The van der Waals surface area contributed by atoms with Gasteiger partial charge >= 0.3 is 0 Å². The second-order valence-corrected chi connectivity index (χ2v) is 8.83. The van der Waals surface area contributed by atoms with Crippen molar-refractivity contribution in [3.05, 3.63) is 99.6 Å². The number of nitrogens with one attached hydrogen (secondary N) is 1. The van der Waals surface area contributed by atoms with E-state index in [4.69, 9.17) is 11.6 Å². The smallest absolute Gasteiger partial charge is 0.263 e. The molecule has 0 aliphatic carbocycles. The van der Waals surface area contributed by atoms with E-state index >= 15 is 0 Å². The molecule has 3 aromatic carbocycles. The van der Waals surface area contributed by atoms with E-state index in [1.165, 1.54) is 30.0 Å². The first kappa shape index (κ1) is 22.1. The molecular weight excluding hydrogens is 477 g/mol. The van der Waals surface area contributed by atoms with Crippen molar-refractivity contribution in [2.45, 2.75) is 11.7 Å². The molecule has 1 N–H and O–H groups in total. The number of hydrogen-bond acceptors (Lipinski definition) is 5. The zero-order valence-corrected chi connectivity index (χ0v) is 19.2. The fourth-order valence-corrected chi connectivity index (χ4v) is 4.56. The number of carbonyl (C=O) groups excluding carboxylic acids is 1. The van der Waals surface area contributed by atoms with E-state index in [1.54, 1.807) is 21.1 Å². The van der Waals surface area contributed by atoms with Gasteiger partial charge in [-0.2, -0.15) is 0 Å². The number of amides is 1. The zero-order chi connectivity index (χ0) is 23.7. The molecule has 0 aliphatic rings. The minimum Gasteiger partial charge on any atom is -0.325 e. The minimum atomic E-state index is -0.558. The lowest BCUT2D eigenvalue weighted by Gasteiger charge is -2.11. The van der Waals surface area contributed by atoms with Crippen LogP contribution in [0.1, 0.15) is 5.56 Å². The summed E-state index contributed by atoms with van der Waals surface area (Å²) in [4.78, 5) is 25.7. The van der Waals surface area contributed by atoms with Crippen LogP contribution in [0.5, 0.6) is 0 Å². The lowest BCUT2D eigenvalue weighted by molar-refractivity contribution is -0.113. The van der Waals surface area contributed by atoms with Crippen molar-refractivity contribution in [3.8, 4) is 0 Å². The van der Waals surface area contributed by atoms with Crippen LogP contribution in [-0.4, -0.2) is 30.8 Å². The fraction of sp³-hybridized carbons (Fsp3) is 0.0833. The van der Waals surface area contributed by atoms with Crippen LogP contribution in [0.3, 0.4) is 0 Å². The first-order valence-electron chi connectivity index (χ1n) is 10.3. The van der Waals surface area contributed by atoms with Crippen LogP contribution in [0.4, 0.5) is 10.1 Å². The molecule has 0 radical (unpaired) electrons. The van der Waals surface area contributed by atoms with E-state index in [-0.39, 0.29) is 22.2 Å². The summed E-state index contributed by atoms with van der Waals surface area (Å²) in [6, 6.07) is 20.8. The first-order valence-corrected chi connectivity index (χ1v) is 11.7. The van der Waals surface area contributed by atoms with Crippen LogP contribution in [0, 0.1) is 5.82 Å². The standard InChI is InChI=1S/C24H17ClFN5O2S/c25-18-12-16(10-11-19(18)26)27-21(32)14-34-24-29-28-23-30(13-15-6-2-1-3-7-15)22(33)17-8-4-5-9-20(17)31(23)24/h1-12H,13-14H2,(H,27,32). The van der Waals surface area contributed by atoms with Gasteiger partial charge in [-0.15, -0.1) is 10.2 Å². The largest absolute Gasteiger partial charge is 0.325 e. The minimum absolute atomic E-state index is 0.0297. The van der Waals surface area contributed by atoms with Gasteiger partial charge in [0.25, 0.3) is 5.56 Å². The zero-order valence-electron chi connectivity index (χ0n) is 17.6. The molecule has 0 saturated heterocycles. The molecule has 0 atom stereocenters. The summed E-state index contributed by atoms with van der Waals surface area (Å²) >= 11 is 6.96. The van der Waals surface area contributed by atoms with Crippen LogP contribution in [-0.2, 0) is 11.3 Å². The van der Waals surface area contributed by atoms with Gasteiger partial charge < -0.3 is 5.32 Å². The number of aromatic nitrogens is 4. The van der Waals surface area contributed by atoms with Crippen LogP contribution in [0.15, 0.2) is 82.7 Å². The Kier molecular flexibility index (Phi) is 6.04. The van der Waals surface area contributed by atoms with Crippen molar-refractivity contribution >= 4 is 51.6 Å². The fourth-order valence-electron chi connectivity index (χ4n) is 3.64. The second-order valence-electron chi connectivity index (χ2n) is 7.48. The average Bonchev–Trinajstić information content (AvgIpc) is 3.27. The first-order chi connectivity index (χ1) is 16.5. The molecule has 10 heteroatoms. The Hall–Kier alpha value is -3.69. The van der Waals surface area contributed by atoms with Gasteiger partial charge in [0.1, 0.15) is 5.82 Å². The molecular formula is C24H17ClFN5O2S. The molecule has 2 aromatic heterocycles. The topological polar surface area (TPSA) is 81.3 Å². The molecule has 7 nitrogen and oxygen atoms in total. The highest BCUT2D eigenvalue weighted by Crippen LogP contribution is 2.23. The maximum absolute atomic E-state index is 13.4. The molecule has 0 fully saturated rings. The predicted molar refractivity (Wildman–Crippen MR) is 131 cm³/mol. The van der Waals surface area contributed by atoms with Gasteiger partial charge in [-0.1, -0.05) is 65.8 Å². The van der Waals surface area contributed by atoms with Crippen molar-refractivity contribution in [1.29, 1.82) is 0 Å². The maximum atomic E-state index is 13.4. The molecule has 0 spiro atoms. The summed E-state index contributed by atoms with van der Waals surface area (Å²) in [5, 5.41) is 12.1. The summed E-state index contributed by atoms with van der Waals surface area (Å²) < 4.78 is 16.7. The Labute approximate surface area is 202 Å². The molecule has 0 bridgehead atoms. The molecule has 5 rings (SSSR count). The van der Waals surface area contributed by atoms with Gasteiger partial charge in [-0.3, -0.25) is 18.6 Å². The van der Waals surface area contributed by atoms with Crippen molar-refractivity contribution in [1.82, 2.24) is 19.2 Å². The molecule has 0 unspecified atom stereocenters. The van der Waals surface area contributed by atoms with E-state index in [0.29, 0.717) is 34.1 Å². The SMILES string of the molecule is O=C(CSc1nnc2n(Cc3ccccc3)c(=O)c3ccccc3n12)Nc1ccc(F)c(Cl)c1. The lowest BCUT2D eigenvalue weighted by atomic mass is 10.2. The summed E-state index contributed by atoms with van der Waals surface area (Å²) in [6.45, 7) is 0.336. The lowest BCUT2D eigenvalue weighted by Crippen LogP contribution is -2.24. The molecule has 34 heavy (non-hydrogen) atoms. The number of thioether (sulfide) groups is 1. The highest BCUT2D eigenvalue weighted by Gasteiger charge is 2.18. The van der Waals surface area contributed by atoms with Crippen molar-refractivity contribution in [3.63, 3.8) is 0 Å². The highest BCUT2D eigenvalue weighted by molar-refractivity contribution is 7.99. The van der Waals surface area contributed by atoms with Gasteiger partial charge in [-0.25, -0.2) is 4.39 Å². The monoisotopic (exact) mass is 493 g/mol. The van der Waals surface area contributed by atoms with Gasteiger partial charge in [0.2, 0.25) is 11.7 Å². The molecule has 0 aliphatic heterocycles. The van der Waals surface area contributed by atoms with E-state index in [2.05, 4.69) is 15.5 Å². The summed E-state index contributed by atoms with van der Waals surface area (Å²) in [5.41, 5.74) is 1.84. The summed E-state index contributed by atoms with van der Waals surface area (Å²) in [7, 11) is 0. The van der Waals surface area contributed by atoms with Gasteiger partial charge in [0, 0.05) is 5.69 Å². The molecule has 0 saturated carbocycles. The third-order valence-corrected chi connectivity index (χ3v) is 6.42. The van der Waals surface area contributed by atoms with Crippen LogP contribution < -0.4 is 10.9 Å². The Morgan fingerprint density at radius 3 is 2.59 bits per heavy atom. The quantitative estimate of drug-likeness (QED) is 0.349. The number of rotatable bonds is 6. The number of anilines is 1. The van der Waals surface area contributed by atoms with E-state index < -0.39 is 5.82 Å². The van der Waals surface area contributed by atoms with Crippen LogP contribution in [0.25, 0.3) is 16.7 Å². The van der Waals surface area contributed by atoms with Crippen molar-refractivity contribution in [2.75, 3.05) is 11.1 Å². The van der Waals surface area contributed by atoms with E-state index in [0.717, 1.165) is 5.56 Å². The average molecular weight is 494 g/mol. The Morgan fingerprint density at radius 2 is 1.79 bits per heavy atom. The summed E-state index contributed by atoms with van der Waals surface area (Å²) in [5.74, 6) is -0.452. The third kappa shape index (κ3) is 4.27. The second kappa shape index (κ2) is 9.28. The predicted octanol–water partition coefficient (Wildman–Crippen LogP) is 4.62. The molecule has 170 valence electrons. The molecule has 1 amide bonds. The van der Waals surface area contributed by atoms with Crippen LogP contribution >= 0.6 is 23.4 Å². The number of nitrogens with zero attached hydrogens (tertiary/aromatic N) is 4. The summed E-state index contributed by atoms with van der Waals surface area (Å²) in [6.07, 6.45) is 0. The number of halogens is 2. The van der Waals surface area contributed by atoms with Gasteiger partial charge in [-0.05, 0) is 35.9 Å². The molecule has 2 heterocycles. The van der Waals surface area contributed by atoms with E-state index in [1.807, 2.05) is 42.5 Å². The Bertz CT molecular complexity index is 1590. The van der Waals surface area contributed by atoms with Crippen molar-refractivity contribution < 1.29 is 9.18 Å².